The fraction of sp³-hybridized carbons (Fsp3) is 0.438. The summed E-state index contributed by atoms with van der Waals surface area (Å²) in [6, 6.07) is 11.1. The zero-order chi connectivity index (χ0) is 32.2. The number of ether oxygens (including phenoxy) is 1. The van der Waals surface area contributed by atoms with Gasteiger partial charge in [-0.05, 0) is 68.6 Å². The van der Waals surface area contributed by atoms with E-state index in [1.807, 2.05) is 30.9 Å². The lowest BCUT2D eigenvalue weighted by Gasteiger charge is -2.41. The number of para-hydroxylation sites is 1. The van der Waals surface area contributed by atoms with E-state index >= 15 is 0 Å². The standard InChI is InChI=1S/C32H37F3N6O4/c1-20(2)25-19-45-26-8-4-3-7-22(26)28(43)36-14-6-5-11-31(30(44)40-25)12-15-41(16-13-31)18-27(42)37-21-9-10-23-24(17-21)39-29(38-23)32(33,34)35/h3-10,17,20,25H,11-16,18-19H2,1-2H3,(H,36,43)(H,37,42)(H,38,39)(H,40,44)/b6-5+/t25-/m0/s1. The Balaban J connectivity index is 1.23. The van der Waals surface area contributed by atoms with Gasteiger partial charge in [0.25, 0.3) is 5.91 Å². The maximum Gasteiger partial charge on any atom is 0.449 e. The number of carbonyl (C=O) groups excluding carboxylic acids is 3. The smallest absolute Gasteiger partial charge is 0.449 e. The molecule has 0 aliphatic carbocycles. The number of carbonyl (C=O) groups is 3. The average molecular weight is 627 g/mol. The number of hydrogen-bond acceptors (Lipinski definition) is 6. The molecule has 0 radical (unpaired) electrons. The third-order valence-corrected chi connectivity index (χ3v) is 8.42. The van der Waals surface area contributed by atoms with Crippen molar-refractivity contribution in [3.05, 3.63) is 66.0 Å². The van der Waals surface area contributed by atoms with Crippen LogP contribution in [-0.2, 0) is 15.8 Å². The Hall–Kier alpha value is -4.39. The largest absolute Gasteiger partial charge is 0.491 e. The topological polar surface area (TPSA) is 128 Å². The number of rotatable bonds is 4. The molecule has 1 fully saturated rings. The zero-order valence-corrected chi connectivity index (χ0v) is 25.2. The van der Waals surface area contributed by atoms with Crippen LogP contribution in [0.15, 0.2) is 54.6 Å². The maximum absolute atomic E-state index is 13.9. The molecule has 0 unspecified atom stereocenters. The van der Waals surface area contributed by atoms with Crippen LogP contribution in [0.2, 0.25) is 0 Å². The molecule has 1 aromatic heterocycles. The molecule has 240 valence electrons. The van der Waals surface area contributed by atoms with Crippen LogP contribution in [0.5, 0.6) is 5.75 Å². The predicted octanol–water partition coefficient (Wildman–Crippen LogP) is 4.51. The quantitative estimate of drug-likeness (QED) is 0.316. The van der Waals surface area contributed by atoms with Crippen molar-refractivity contribution in [2.45, 2.75) is 45.3 Å². The van der Waals surface area contributed by atoms with Crippen molar-refractivity contribution in [3.8, 4) is 5.75 Å². The van der Waals surface area contributed by atoms with Gasteiger partial charge >= 0.3 is 6.18 Å². The zero-order valence-electron chi connectivity index (χ0n) is 25.2. The van der Waals surface area contributed by atoms with Gasteiger partial charge in [-0.25, -0.2) is 4.98 Å². The highest BCUT2D eigenvalue weighted by atomic mass is 19.4. The number of allylic oxidation sites excluding steroid dienone is 1. The summed E-state index contributed by atoms with van der Waals surface area (Å²) in [4.78, 5) is 47.3. The first-order valence-corrected chi connectivity index (χ1v) is 15.0. The fourth-order valence-electron chi connectivity index (χ4n) is 5.61. The molecular formula is C32H37F3N6O4. The second-order valence-electron chi connectivity index (χ2n) is 11.9. The summed E-state index contributed by atoms with van der Waals surface area (Å²) in [5.41, 5.74) is 0.398. The Morgan fingerprint density at radius 1 is 1.13 bits per heavy atom. The number of fused-ring (bicyclic) bond motifs is 2. The second-order valence-corrected chi connectivity index (χ2v) is 11.9. The Labute approximate surface area is 258 Å². The number of likely N-dealkylation sites (tertiary alicyclic amines) is 1. The molecule has 13 heteroatoms. The SMILES string of the molecule is CC(C)[C@@H]1COc2ccccc2C(=O)NC/C=C/CC2(CCN(CC(=O)Nc3ccc4nc(C(F)(F)F)[nH]c4c3)CC2)C(=O)N1. The van der Waals surface area contributed by atoms with Crippen molar-refractivity contribution in [3.63, 3.8) is 0 Å². The number of aromatic amines is 1. The fourth-order valence-corrected chi connectivity index (χ4v) is 5.61. The molecular weight excluding hydrogens is 589 g/mol. The van der Waals surface area contributed by atoms with E-state index in [-0.39, 0.29) is 53.9 Å². The van der Waals surface area contributed by atoms with Crippen LogP contribution in [0.4, 0.5) is 18.9 Å². The van der Waals surface area contributed by atoms with E-state index < -0.39 is 17.4 Å². The molecule has 2 aromatic carbocycles. The lowest BCUT2D eigenvalue weighted by atomic mass is 9.74. The van der Waals surface area contributed by atoms with Crippen molar-refractivity contribution in [2.75, 3.05) is 38.1 Å². The lowest BCUT2D eigenvalue weighted by molar-refractivity contribution is -0.144. The number of halogens is 3. The van der Waals surface area contributed by atoms with Crippen molar-refractivity contribution >= 4 is 34.4 Å². The summed E-state index contributed by atoms with van der Waals surface area (Å²) in [6.45, 7) is 5.57. The molecule has 3 heterocycles. The number of nitrogens with one attached hydrogen (secondary N) is 4. The van der Waals surface area contributed by atoms with Gasteiger partial charge in [0.1, 0.15) is 12.4 Å². The van der Waals surface area contributed by atoms with E-state index in [0.717, 1.165) is 0 Å². The predicted molar refractivity (Wildman–Crippen MR) is 163 cm³/mol. The summed E-state index contributed by atoms with van der Waals surface area (Å²) < 4.78 is 45.0. The first-order valence-electron chi connectivity index (χ1n) is 15.0. The molecule has 1 spiro atoms. The number of aromatic nitrogens is 2. The Morgan fingerprint density at radius 2 is 1.89 bits per heavy atom. The Morgan fingerprint density at radius 3 is 2.62 bits per heavy atom. The molecule has 0 bridgehead atoms. The number of anilines is 1. The average Bonchev–Trinajstić information content (AvgIpc) is 3.44. The molecule has 3 amide bonds. The highest BCUT2D eigenvalue weighted by molar-refractivity contribution is 5.97. The monoisotopic (exact) mass is 626 g/mol. The normalized spacial score (nSPS) is 20.5. The van der Waals surface area contributed by atoms with E-state index in [0.29, 0.717) is 55.9 Å². The molecule has 10 nitrogen and oxygen atoms in total. The minimum Gasteiger partial charge on any atom is -0.491 e. The Bertz CT molecular complexity index is 1580. The number of benzene rings is 2. The van der Waals surface area contributed by atoms with Crippen molar-refractivity contribution in [2.24, 2.45) is 11.3 Å². The number of hydrogen-bond donors (Lipinski definition) is 4. The van der Waals surface area contributed by atoms with Crippen LogP contribution < -0.4 is 20.7 Å². The minimum atomic E-state index is -4.60. The van der Waals surface area contributed by atoms with Gasteiger partial charge in [0.15, 0.2) is 0 Å². The number of nitrogens with zero attached hydrogens (tertiary/aromatic N) is 2. The van der Waals surface area contributed by atoms with Gasteiger partial charge in [-0.1, -0.05) is 38.1 Å². The third kappa shape index (κ3) is 7.64. The highest BCUT2D eigenvalue weighted by Crippen LogP contribution is 2.36. The van der Waals surface area contributed by atoms with Gasteiger partial charge in [-0.3, -0.25) is 19.3 Å². The molecule has 2 aliphatic rings. The van der Waals surface area contributed by atoms with Crippen LogP contribution in [0.3, 0.4) is 0 Å². The molecule has 1 atom stereocenters. The van der Waals surface area contributed by atoms with Crippen molar-refractivity contribution < 1.29 is 32.3 Å². The minimum absolute atomic E-state index is 0.0657. The van der Waals surface area contributed by atoms with Crippen LogP contribution in [0.1, 0.15) is 49.3 Å². The summed E-state index contributed by atoms with van der Waals surface area (Å²) >= 11 is 0. The maximum atomic E-state index is 13.9. The van der Waals surface area contributed by atoms with Crippen molar-refractivity contribution in [1.82, 2.24) is 25.5 Å². The first kappa shape index (κ1) is 32.0. The summed E-state index contributed by atoms with van der Waals surface area (Å²) in [7, 11) is 0. The number of alkyl halides is 3. The van der Waals surface area contributed by atoms with E-state index in [2.05, 4.69) is 25.9 Å². The van der Waals surface area contributed by atoms with Crippen molar-refractivity contribution in [1.29, 1.82) is 0 Å². The van der Waals surface area contributed by atoms with Crippen LogP contribution >= 0.6 is 0 Å². The third-order valence-electron chi connectivity index (χ3n) is 8.42. The lowest BCUT2D eigenvalue weighted by Crippen LogP contribution is -2.54. The molecule has 0 saturated carbocycles. The van der Waals surface area contributed by atoms with E-state index in [1.165, 1.54) is 18.2 Å². The van der Waals surface area contributed by atoms with Crippen LogP contribution in [-0.4, -0.2) is 71.4 Å². The number of H-pyrrole nitrogens is 1. The molecule has 2 aliphatic heterocycles. The molecule has 45 heavy (non-hydrogen) atoms. The molecule has 5 rings (SSSR count). The van der Waals surface area contributed by atoms with E-state index in [9.17, 15) is 27.6 Å². The summed E-state index contributed by atoms with van der Waals surface area (Å²) in [5.74, 6) is -1.20. The number of amides is 3. The Kier molecular flexibility index (Phi) is 9.47. The summed E-state index contributed by atoms with van der Waals surface area (Å²) in [5, 5.41) is 8.84. The van der Waals surface area contributed by atoms with E-state index in [1.54, 1.807) is 24.3 Å². The van der Waals surface area contributed by atoms with Gasteiger partial charge in [-0.2, -0.15) is 13.2 Å². The van der Waals surface area contributed by atoms with Gasteiger partial charge in [-0.15, -0.1) is 0 Å². The highest BCUT2D eigenvalue weighted by Gasteiger charge is 2.42. The first-order chi connectivity index (χ1) is 21.4. The molecule has 1 saturated heterocycles. The number of imidazole rings is 1. The van der Waals surface area contributed by atoms with Gasteiger partial charge in [0, 0.05) is 12.2 Å². The van der Waals surface area contributed by atoms with E-state index in [4.69, 9.17) is 4.74 Å². The van der Waals surface area contributed by atoms with Crippen LogP contribution in [0.25, 0.3) is 11.0 Å². The second kappa shape index (κ2) is 13.3. The molecule has 3 aromatic rings. The van der Waals surface area contributed by atoms with Gasteiger partial charge < -0.3 is 25.7 Å². The van der Waals surface area contributed by atoms with Crippen LogP contribution in [0, 0.1) is 11.3 Å². The van der Waals surface area contributed by atoms with Gasteiger partial charge in [0.2, 0.25) is 17.6 Å². The molecule has 4 N–H and O–H groups in total. The van der Waals surface area contributed by atoms with Gasteiger partial charge in [0.05, 0.1) is 34.6 Å². The number of piperidine rings is 1. The summed E-state index contributed by atoms with van der Waals surface area (Å²) in [6.07, 6.45) is 0.668.